The number of halogens is 1. The molecular weight excluding hydrogens is 237 g/mol. The van der Waals surface area contributed by atoms with Crippen LogP contribution in [0.4, 0.5) is 15.8 Å². The van der Waals surface area contributed by atoms with Crippen LogP contribution >= 0.6 is 11.3 Å². The van der Waals surface area contributed by atoms with Crippen molar-refractivity contribution in [2.24, 2.45) is 0 Å². The van der Waals surface area contributed by atoms with Gasteiger partial charge >= 0.3 is 0 Å². The van der Waals surface area contributed by atoms with Gasteiger partial charge in [0.2, 0.25) is 0 Å². The van der Waals surface area contributed by atoms with E-state index in [4.69, 9.17) is 11.0 Å². The molecule has 0 spiro atoms. The lowest BCUT2D eigenvalue weighted by molar-refractivity contribution is 0.624. The smallest absolute Gasteiger partial charge is 0.141 e. The highest BCUT2D eigenvalue weighted by Gasteiger charge is 2.04. The quantitative estimate of drug-likeness (QED) is 0.876. The molecular formula is C12H10FN3S. The molecule has 2 rings (SSSR count). The van der Waals surface area contributed by atoms with E-state index < -0.39 is 5.82 Å². The van der Waals surface area contributed by atoms with Crippen molar-refractivity contribution < 1.29 is 4.39 Å². The van der Waals surface area contributed by atoms with E-state index in [2.05, 4.69) is 5.32 Å². The standard InChI is InChI=1S/C12H10FN3S/c13-10-2-1-9(5-8(10)6-14)16-7-12-11(15)3-4-17-12/h1-5,16H,7,15H2. The topological polar surface area (TPSA) is 61.8 Å². The number of nitrogen functional groups attached to an aromatic ring is 1. The zero-order chi connectivity index (χ0) is 12.3. The zero-order valence-corrected chi connectivity index (χ0v) is 9.72. The van der Waals surface area contributed by atoms with Crippen molar-refractivity contribution >= 4 is 22.7 Å². The lowest BCUT2D eigenvalue weighted by Crippen LogP contribution is -2.00. The van der Waals surface area contributed by atoms with Crippen LogP contribution < -0.4 is 11.1 Å². The fourth-order valence-electron chi connectivity index (χ4n) is 1.40. The van der Waals surface area contributed by atoms with E-state index in [0.717, 1.165) is 10.6 Å². The van der Waals surface area contributed by atoms with E-state index in [1.54, 1.807) is 23.5 Å². The normalized spacial score (nSPS) is 9.88. The Kier molecular flexibility index (Phi) is 3.26. The van der Waals surface area contributed by atoms with Crippen LogP contribution in [0.1, 0.15) is 10.4 Å². The summed E-state index contributed by atoms with van der Waals surface area (Å²) in [6.45, 7) is 0.569. The minimum atomic E-state index is -0.506. The van der Waals surface area contributed by atoms with E-state index in [0.29, 0.717) is 12.2 Å². The molecule has 0 amide bonds. The van der Waals surface area contributed by atoms with E-state index in [9.17, 15) is 4.39 Å². The van der Waals surface area contributed by atoms with E-state index in [-0.39, 0.29) is 5.56 Å². The molecule has 5 heteroatoms. The number of anilines is 2. The maximum atomic E-state index is 13.1. The number of nitrogens with zero attached hydrogens (tertiary/aromatic N) is 1. The minimum absolute atomic E-state index is 0.0363. The Morgan fingerprint density at radius 2 is 2.24 bits per heavy atom. The van der Waals surface area contributed by atoms with Crippen LogP contribution in [0, 0.1) is 17.1 Å². The number of hydrogen-bond donors (Lipinski definition) is 2. The van der Waals surface area contributed by atoms with Crippen molar-refractivity contribution in [1.29, 1.82) is 5.26 Å². The molecule has 0 saturated heterocycles. The Bertz CT molecular complexity index is 571. The summed E-state index contributed by atoms with van der Waals surface area (Å²) in [5, 5.41) is 13.7. The number of nitrogens with two attached hydrogens (primary N) is 1. The third-order valence-corrected chi connectivity index (χ3v) is 3.26. The molecule has 1 heterocycles. The molecule has 0 aliphatic heterocycles. The third-order valence-electron chi connectivity index (χ3n) is 2.32. The first-order valence-corrected chi connectivity index (χ1v) is 5.84. The largest absolute Gasteiger partial charge is 0.398 e. The Morgan fingerprint density at radius 1 is 1.41 bits per heavy atom. The van der Waals surface area contributed by atoms with Gasteiger partial charge in [0, 0.05) is 16.3 Å². The molecule has 3 nitrogen and oxygen atoms in total. The van der Waals surface area contributed by atoms with Gasteiger partial charge in [-0.25, -0.2) is 4.39 Å². The van der Waals surface area contributed by atoms with Gasteiger partial charge in [0.05, 0.1) is 12.1 Å². The summed E-state index contributed by atoms with van der Waals surface area (Å²) < 4.78 is 13.1. The molecule has 1 aromatic carbocycles. The summed E-state index contributed by atoms with van der Waals surface area (Å²) in [4.78, 5) is 1.02. The van der Waals surface area contributed by atoms with Crippen LogP contribution in [0.5, 0.6) is 0 Å². The monoisotopic (exact) mass is 247 g/mol. The second-order valence-corrected chi connectivity index (χ2v) is 4.46. The van der Waals surface area contributed by atoms with Gasteiger partial charge in [-0.05, 0) is 29.6 Å². The van der Waals surface area contributed by atoms with Gasteiger partial charge < -0.3 is 11.1 Å². The molecule has 0 aliphatic carbocycles. The number of thiophene rings is 1. The Hall–Kier alpha value is -2.06. The van der Waals surface area contributed by atoms with E-state index in [1.807, 2.05) is 11.4 Å². The summed E-state index contributed by atoms with van der Waals surface area (Å²) >= 11 is 1.56. The summed E-state index contributed by atoms with van der Waals surface area (Å²) in [5.74, 6) is -0.506. The highest BCUT2D eigenvalue weighted by atomic mass is 32.1. The molecule has 0 saturated carbocycles. The Labute approximate surface area is 102 Å². The molecule has 0 aliphatic rings. The average molecular weight is 247 g/mol. The molecule has 0 atom stereocenters. The molecule has 0 bridgehead atoms. The van der Waals surface area contributed by atoms with Crippen LogP contribution in [0.3, 0.4) is 0 Å². The maximum absolute atomic E-state index is 13.1. The third kappa shape index (κ3) is 2.55. The second kappa shape index (κ2) is 4.85. The van der Waals surface area contributed by atoms with Gasteiger partial charge in [0.1, 0.15) is 11.9 Å². The number of nitrogens with one attached hydrogen (secondary N) is 1. The Morgan fingerprint density at radius 3 is 2.88 bits per heavy atom. The van der Waals surface area contributed by atoms with Crippen molar-refractivity contribution in [1.82, 2.24) is 0 Å². The van der Waals surface area contributed by atoms with Crippen molar-refractivity contribution in [2.75, 3.05) is 11.1 Å². The van der Waals surface area contributed by atoms with Gasteiger partial charge in [0.15, 0.2) is 0 Å². The number of nitriles is 1. The zero-order valence-electron chi connectivity index (χ0n) is 8.90. The van der Waals surface area contributed by atoms with Crippen LogP contribution in [-0.4, -0.2) is 0 Å². The Balaban J connectivity index is 2.10. The molecule has 17 heavy (non-hydrogen) atoms. The lowest BCUT2D eigenvalue weighted by Gasteiger charge is -2.06. The maximum Gasteiger partial charge on any atom is 0.141 e. The van der Waals surface area contributed by atoms with Gasteiger partial charge in [0.25, 0.3) is 0 Å². The molecule has 86 valence electrons. The second-order valence-electron chi connectivity index (χ2n) is 3.46. The molecule has 0 fully saturated rings. The van der Waals surface area contributed by atoms with Gasteiger partial charge in [-0.3, -0.25) is 0 Å². The van der Waals surface area contributed by atoms with Crippen molar-refractivity contribution in [3.63, 3.8) is 0 Å². The van der Waals surface area contributed by atoms with Crippen LogP contribution in [0.2, 0.25) is 0 Å². The molecule has 0 unspecified atom stereocenters. The molecule has 2 aromatic rings. The molecule has 0 radical (unpaired) electrons. The minimum Gasteiger partial charge on any atom is -0.398 e. The fourth-order valence-corrected chi connectivity index (χ4v) is 2.14. The first kappa shape index (κ1) is 11.4. The van der Waals surface area contributed by atoms with Gasteiger partial charge in [-0.15, -0.1) is 11.3 Å². The highest BCUT2D eigenvalue weighted by molar-refractivity contribution is 7.10. The average Bonchev–Trinajstić information content (AvgIpc) is 2.74. The highest BCUT2D eigenvalue weighted by Crippen LogP contribution is 2.21. The van der Waals surface area contributed by atoms with Crippen molar-refractivity contribution in [2.45, 2.75) is 6.54 Å². The van der Waals surface area contributed by atoms with Crippen LogP contribution in [0.15, 0.2) is 29.6 Å². The van der Waals surface area contributed by atoms with Gasteiger partial charge in [-0.1, -0.05) is 0 Å². The summed E-state index contributed by atoms with van der Waals surface area (Å²) in [6, 6.07) is 8.00. The SMILES string of the molecule is N#Cc1cc(NCc2sccc2N)ccc1F. The predicted octanol–water partition coefficient (Wildman–Crippen LogP) is 2.95. The van der Waals surface area contributed by atoms with Crippen LogP contribution in [0.25, 0.3) is 0 Å². The number of rotatable bonds is 3. The lowest BCUT2D eigenvalue weighted by atomic mass is 10.2. The fraction of sp³-hybridized carbons (Fsp3) is 0.0833. The van der Waals surface area contributed by atoms with Crippen LogP contribution in [-0.2, 0) is 6.54 Å². The first-order chi connectivity index (χ1) is 8.20. The van der Waals surface area contributed by atoms with E-state index >= 15 is 0 Å². The van der Waals surface area contributed by atoms with Gasteiger partial charge in [-0.2, -0.15) is 5.26 Å². The number of hydrogen-bond acceptors (Lipinski definition) is 4. The number of benzene rings is 1. The van der Waals surface area contributed by atoms with Crippen molar-refractivity contribution in [3.05, 3.63) is 45.9 Å². The molecule has 3 N–H and O–H groups in total. The molecule has 1 aromatic heterocycles. The first-order valence-electron chi connectivity index (χ1n) is 4.96. The predicted molar refractivity (Wildman–Crippen MR) is 67.2 cm³/mol. The summed E-state index contributed by atoms with van der Waals surface area (Å²) in [7, 11) is 0. The summed E-state index contributed by atoms with van der Waals surface area (Å²) in [6.07, 6.45) is 0. The van der Waals surface area contributed by atoms with E-state index in [1.165, 1.54) is 12.1 Å². The van der Waals surface area contributed by atoms with Crippen molar-refractivity contribution in [3.8, 4) is 6.07 Å². The summed E-state index contributed by atoms with van der Waals surface area (Å²) in [5.41, 5.74) is 7.22.